The van der Waals surface area contributed by atoms with E-state index in [0.29, 0.717) is 22.2 Å². The first-order valence-corrected chi connectivity index (χ1v) is 7.92. The molecule has 0 saturated carbocycles. The van der Waals surface area contributed by atoms with E-state index in [9.17, 15) is 9.59 Å². The van der Waals surface area contributed by atoms with E-state index in [-0.39, 0.29) is 0 Å². The molecule has 2 aromatic carbocycles. The van der Waals surface area contributed by atoms with E-state index < -0.39 is 17.9 Å². The summed E-state index contributed by atoms with van der Waals surface area (Å²) in [6.45, 7) is 1.77. The van der Waals surface area contributed by atoms with E-state index in [0.717, 1.165) is 5.56 Å². The number of anilines is 1. The predicted molar refractivity (Wildman–Crippen MR) is 96.2 cm³/mol. The number of carbonyl (C=O) groups excluding carboxylic acids is 2. The van der Waals surface area contributed by atoms with Gasteiger partial charge in [0, 0.05) is 0 Å². The van der Waals surface area contributed by atoms with Gasteiger partial charge in [-0.05, 0) is 36.8 Å². The molecule has 0 saturated heterocycles. The molecular weight excluding hydrogens is 344 g/mol. The van der Waals surface area contributed by atoms with Gasteiger partial charge in [-0.3, -0.25) is 9.59 Å². The molecule has 0 radical (unpaired) electrons. The van der Waals surface area contributed by atoms with Crippen molar-refractivity contribution in [2.24, 2.45) is 0 Å². The first-order chi connectivity index (χ1) is 12.0. The fourth-order valence-electron chi connectivity index (χ4n) is 2.21. The quantitative estimate of drug-likeness (QED) is 0.801. The Morgan fingerprint density at radius 1 is 1.00 bits per heavy atom. The lowest BCUT2D eigenvalue weighted by Gasteiger charge is -2.16. The summed E-state index contributed by atoms with van der Waals surface area (Å²) in [6.07, 6.45) is 0. The fraction of sp³-hybridized carbons (Fsp3) is 0.222. The SMILES string of the molecule is COc1ccc(C(C)NC(=O)C(=O)Nc2ccccc2Cl)cc1OC. The molecule has 0 aliphatic rings. The number of halogens is 1. The zero-order valence-corrected chi connectivity index (χ0v) is 14.9. The zero-order chi connectivity index (χ0) is 18.4. The number of amides is 2. The van der Waals surface area contributed by atoms with Crippen LogP contribution in [0.2, 0.25) is 5.02 Å². The Morgan fingerprint density at radius 2 is 1.68 bits per heavy atom. The van der Waals surface area contributed by atoms with Crippen molar-refractivity contribution in [3.05, 3.63) is 53.1 Å². The van der Waals surface area contributed by atoms with E-state index in [4.69, 9.17) is 21.1 Å². The maximum Gasteiger partial charge on any atom is 0.313 e. The van der Waals surface area contributed by atoms with Crippen LogP contribution >= 0.6 is 11.6 Å². The molecule has 7 heteroatoms. The molecular formula is C18H19ClN2O4. The minimum absolute atomic E-state index is 0.358. The van der Waals surface area contributed by atoms with Crippen molar-refractivity contribution in [1.29, 1.82) is 0 Å². The van der Waals surface area contributed by atoms with Crippen LogP contribution in [0.3, 0.4) is 0 Å². The zero-order valence-electron chi connectivity index (χ0n) is 14.1. The summed E-state index contributed by atoms with van der Waals surface area (Å²) in [5, 5.41) is 5.47. The van der Waals surface area contributed by atoms with Gasteiger partial charge >= 0.3 is 11.8 Å². The third kappa shape index (κ3) is 4.64. The van der Waals surface area contributed by atoms with Gasteiger partial charge in [-0.25, -0.2) is 0 Å². The Kier molecular flexibility index (Phi) is 6.25. The van der Waals surface area contributed by atoms with Crippen LogP contribution in [0.5, 0.6) is 11.5 Å². The number of ether oxygens (including phenoxy) is 2. The minimum atomic E-state index is -0.791. The number of carbonyl (C=O) groups is 2. The minimum Gasteiger partial charge on any atom is -0.493 e. The molecule has 0 fully saturated rings. The molecule has 1 unspecified atom stereocenters. The highest BCUT2D eigenvalue weighted by molar-refractivity contribution is 6.41. The second-order valence-electron chi connectivity index (χ2n) is 5.24. The standard InChI is InChI=1S/C18H19ClN2O4/c1-11(12-8-9-15(24-2)16(10-12)25-3)20-17(22)18(23)21-14-7-5-4-6-13(14)19/h4-11H,1-3H3,(H,20,22)(H,21,23). The lowest BCUT2D eigenvalue weighted by atomic mass is 10.1. The highest BCUT2D eigenvalue weighted by Gasteiger charge is 2.19. The van der Waals surface area contributed by atoms with E-state index in [1.54, 1.807) is 56.5 Å². The summed E-state index contributed by atoms with van der Waals surface area (Å²) in [4.78, 5) is 24.1. The van der Waals surface area contributed by atoms with Crippen LogP contribution in [0.25, 0.3) is 0 Å². The van der Waals surface area contributed by atoms with Gasteiger partial charge in [0.05, 0.1) is 31.0 Å². The number of para-hydroxylation sites is 1. The molecule has 0 spiro atoms. The highest BCUT2D eigenvalue weighted by Crippen LogP contribution is 2.29. The van der Waals surface area contributed by atoms with Crippen molar-refractivity contribution < 1.29 is 19.1 Å². The maximum atomic E-state index is 12.1. The number of methoxy groups -OCH3 is 2. The van der Waals surface area contributed by atoms with Crippen molar-refractivity contribution in [1.82, 2.24) is 5.32 Å². The van der Waals surface area contributed by atoms with Crippen LogP contribution in [-0.4, -0.2) is 26.0 Å². The molecule has 25 heavy (non-hydrogen) atoms. The number of rotatable bonds is 5. The Balaban J connectivity index is 2.04. The Labute approximate surface area is 151 Å². The van der Waals surface area contributed by atoms with E-state index in [2.05, 4.69) is 10.6 Å². The van der Waals surface area contributed by atoms with Gasteiger partial charge in [0.15, 0.2) is 11.5 Å². The van der Waals surface area contributed by atoms with Crippen molar-refractivity contribution in [3.8, 4) is 11.5 Å². The number of benzene rings is 2. The van der Waals surface area contributed by atoms with Gasteiger partial charge in [-0.2, -0.15) is 0 Å². The molecule has 0 aliphatic heterocycles. The smallest absolute Gasteiger partial charge is 0.313 e. The first-order valence-electron chi connectivity index (χ1n) is 7.54. The molecule has 6 nitrogen and oxygen atoms in total. The third-order valence-corrected chi connectivity index (χ3v) is 3.91. The summed E-state index contributed by atoms with van der Waals surface area (Å²) in [6, 6.07) is 11.6. The molecule has 2 amide bonds. The van der Waals surface area contributed by atoms with Crippen LogP contribution in [0.15, 0.2) is 42.5 Å². The first kappa shape index (κ1) is 18.6. The summed E-state index contributed by atoms with van der Waals surface area (Å²) in [5.74, 6) is -0.425. The molecule has 0 bridgehead atoms. The van der Waals surface area contributed by atoms with Gasteiger partial charge in [0.2, 0.25) is 0 Å². The van der Waals surface area contributed by atoms with Crippen LogP contribution in [0, 0.1) is 0 Å². The average Bonchev–Trinajstić information content (AvgIpc) is 2.62. The van der Waals surface area contributed by atoms with Crippen molar-refractivity contribution in [2.45, 2.75) is 13.0 Å². The van der Waals surface area contributed by atoms with E-state index in [1.807, 2.05) is 0 Å². The van der Waals surface area contributed by atoms with Crippen molar-refractivity contribution in [3.63, 3.8) is 0 Å². The monoisotopic (exact) mass is 362 g/mol. The molecule has 2 N–H and O–H groups in total. The third-order valence-electron chi connectivity index (χ3n) is 3.58. The molecule has 132 valence electrons. The van der Waals surface area contributed by atoms with E-state index in [1.165, 1.54) is 7.11 Å². The average molecular weight is 363 g/mol. The predicted octanol–water partition coefficient (Wildman–Crippen LogP) is 3.17. The van der Waals surface area contributed by atoms with Gasteiger partial charge in [0.25, 0.3) is 0 Å². The molecule has 0 heterocycles. The normalized spacial score (nSPS) is 11.4. The van der Waals surface area contributed by atoms with Gasteiger partial charge in [-0.15, -0.1) is 0 Å². The van der Waals surface area contributed by atoms with Gasteiger partial charge < -0.3 is 20.1 Å². The molecule has 1 atom stereocenters. The molecule has 0 aliphatic carbocycles. The summed E-state index contributed by atoms with van der Waals surface area (Å²) >= 11 is 5.96. The van der Waals surface area contributed by atoms with E-state index >= 15 is 0 Å². The highest BCUT2D eigenvalue weighted by atomic mass is 35.5. The molecule has 2 aromatic rings. The molecule has 0 aromatic heterocycles. The van der Waals surface area contributed by atoms with Crippen LogP contribution in [0.1, 0.15) is 18.5 Å². The number of nitrogens with one attached hydrogen (secondary N) is 2. The number of hydrogen-bond acceptors (Lipinski definition) is 4. The van der Waals surface area contributed by atoms with Crippen LogP contribution < -0.4 is 20.1 Å². The second-order valence-corrected chi connectivity index (χ2v) is 5.65. The van der Waals surface area contributed by atoms with Gasteiger partial charge in [0.1, 0.15) is 0 Å². The fourth-order valence-corrected chi connectivity index (χ4v) is 2.39. The van der Waals surface area contributed by atoms with Crippen LogP contribution in [-0.2, 0) is 9.59 Å². The Bertz CT molecular complexity index is 779. The van der Waals surface area contributed by atoms with Gasteiger partial charge in [-0.1, -0.05) is 29.8 Å². The number of hydrogen-bond donors (Lipinski definition) is 2. The summed E-state index contributed by atoms with van der Waals surface area (Å²) in [7, 11) is 3.07. The lowest BCUT2D eigenvalue weighted by Crippen LogP contribution is -2.37. The van der Waals surface area contributed by atoms with Crippen molar-refractivity contribution in [2.75, 3.05) is 19.5 Å². The lowest BCUT2D eigenvalue weighted by molar-refractivity contribution is -0.136. The van der Waals surface area contributed by atoms with Crippen LogP contribution in [0.4, 0.5) is 5.69 Å². The maximum absolute atomic E-state index is 12.1. The summed E-state index contributed by atoms with van der Waals surface area (Å²) < 4.78 is 10.4. The Hall–Kier alpha value is -2.73. The molecule has 2 rings (SSSR count). The Morgan fingerprint density at radius 3 is 2.32 bits per heavy atom. The topological polar surface area (TPSA) is 76.7 Å². The summed E-state index contributed by atoms with van der Waals surface area (Å²) in [5.41, 5.74) is 1.15. The van der Waals surface area contributed by atoms with Crippen molar-refractivity contribution >= 4 is 29.1 Å². The second kappa shape index (κ2) is 8.39. The largest absolute Gasteiger partial charge is 0.493 e.